The van der Waals surface area contributed by atoms with Gasteiger partial charge in [0, 0.05) is 30.1 Å². The molecule has 0 atom stereocenters. The van der Waals surface area contributed by atoms with Crippen molar-refractivity contribution in [1.29, 1.82) is 0 Å². The molecular formula is C21H34N2OS. The number of nitrogens with zero attached hydrogens (tertiary/aromatic N) is 2. The molecule has 0 radical (unpaired) electrons. The van der Waals surface area contributed by atoms with E-state index < -0.39 is 0 Å². The molecule has 3 rings (SSSR count). The molecule has 0 unspecified atom stereocenters. The molecule has 0 spiro atoms. The number of likely N-dealkylation sites (tertiary alicyclic amines) is 1. The Hall–Kier alpha value is -0.550. The number of thioether (sulfide) groups is 1. The maximum Gasteiger partial charge on any atom is 0.0475 e. The quantitative estimate of drug-likeness (QED) is 0.515. The van der Waals surface area contributed by atoms with Crippen molar-refractivity contribution < 1.29 is 4.74 Å². The van der Waals surface area contributed by atoms with Gasteiger partial charge in [0.05, 0.1) is 0 Å². The molecular weight excluding hydrogens is 328 g/mol. The van der Waals surface area contributed by atoms with Gasteiger partial charge in [-0.15, -0.1) is 11.8 Å². The Morgan fingerprint density at radius 1 is 1.08 bits per heavy atom. The van der Waals surface area contributed by atoms with Crippen molar-refractivity contribution in [2.75, 3.05) is 59.2 Å². The van der Waals surface area contributed by atoms with Gasteiger partial charge in [-0.3, -0.25) is 0 Å². The molecule has 4 heteroatoms. The van der Waals surface area contributed by atoms with Crippen molar-refractivity contribution >= 4 is 11.8 Å². The lowest BCUT2D eigenvalue weighted by atomic mass is 9.74. The first-order valence-electron chi connectivity index (χ1n) is 9.86. The van der Waals surface area contributed by atoms with Crippen LogP contribution in [0.5, 0.6) is 0 Å². The average Bonchev–Trinajstić information content (AvgIpc) is 3.13. The zero-order chi connectivity index (χ0) is 17.5. The molecule has 2 heterocycles. The highest BCUT2D eigenvalue weighted by molar-refractivity contribution is 7.99. The van der Waals surface area contributed by atoms with Gasteiger partial charge in [0.25, 0.3) is 0 Å². The minimum atomic E-state index is 0.265. The van der Waals surface area contributed by atoms with Gasteiger partial charge in [-0.25, -0.2) is 0 Å². The molecule has 2 fully saturated rings. The Balaban J connectivity index is 1.52. The van der Waals surface area contributed by atoms with Crippen molar-refractivity contribution in [1.82, 2.24) is 9.80 Å². The number of benzene rings is 1. The van der Waals surface area contributed by atoms with Gasteiger partial charge < -0.3 is 14.5 Å². The van der Waals surface area contributed by atoms with Crippen molar-refractivity contribution in [2.24, 2.45) is 0 Å². The summed E-state index contributed by atoms with van der Waals surface area (Å²) in [6.07, 6.45) is 6.36. The lowest BCUT2D eigenvalue weighted by Crippen LogP contribution is -2.42. The molecule has 1 aromatic carbocycles. The monoisotopic (exact) mass is 362 g/mol. The third-order valence-electron chi connectivity index (χ3n) is 5.62. The summed E-state index contributed by atoms with van der Waals surface area (Å²) in [5, 5.41) is 0. The predicted molar refractivity (Wildman–Crippen MR) is 108 cm³/mol. The fraction of sp³-hybridized carbons (Fsp3) is 0.714. The molecule has 2 saturated heterocycles. The van der Waals surface area contributed by atoms with E-state index in [1.165, 1.54) is 55.1 Å². The van der Waals surface area contributed by atoms with Crippen LogP contribution in [0.3, 0.4) is 0 Å². The normalized spacial score (nSPS) is 21.1. The molecule has 0 N–H and O–H groups in total. The molecule has 3 nitrogen and oxygen atoms in total. The van der Waals surface area contributed by atoms with Crippen LogP contribution in [0, 0.1) is 0 Å². The topological polar surface area (TPSA) is 15.7 Å². The van der Waals surface area contributed by atoms with Crippen molar-refractivity contribution in [3.05, 3.63) is 29.8 Å². The molecule has 2 aliphatic heterocycles. The Morgan fingerprint density at radius 3 is 2.40 bits per heavy atom. The third-order valence-corrected chi connectivity index (χ3v) is 6.72. The second-order valence-corrected chi connectivity index (χ2v) is 9.07. The summed E-state index contributed by atoms with van der Waals surface area (Å²) in [6, 6.07) is 9.42. The van der Waals surface area contributed by atoms with Crippen LogP contribution in [0.4, 0.5) is 0 Å². The number of likely N-dealkylation sites (N-methyl/N-ethyl adjacent to an activating group) is 1. The molecule has 2 aliphatic rings. The van der Waals surface area contributed by atoms with E-state index in [9.17, 15) is 0 Å². The summed E-state index contributed by atoms with van der Waals surface area (Å²) in [5.74, 6) is 1.23. The summed E-state index contributed by atoms with van der Waals surface area (Å²) in [6.45, 7) is 6.80. The summed E-state index contributed by atoms with van der Waals surface area (Å²) in [7, 11) is 4.36. The Bertz CT molecular complexity index is 505. The summed E-state index contributed by atoms with van der Waals surface area (Å²) < 4.78 is 5.63. The van der Waals surface area contributed by atoms with Gasteiger partial charge in [0.15, 0.2) is 0 Å². The standard InChI is InChI=1S/C21H34N2OS/c1-22(2)18-21(10-15-24-16-11-21)19-6-8-20(9-7-19)25-17-5-14-23-12-3-4-13-23/h6-9H,3-5,10-18H2,1-2H3. The minimum absolute atomic E-state index is 0.265. The number of ether oxygens (including phenoxy) is 1. The van der Waals surface area contributed by atoms with Crippen LogP contribution in [0.1, 0.15) is 37.7 Å². The van der Waals surface area contributed by atoms with Gasteiger partial charge in [-0.05, 0) is 89.3 Å². The SMILES string of the molecule is CN(C)CC1(c2ccc(SCCCN3CCCC3)cc2)CCOCC1. The summed E-state index contributed by atoms with van der Waals surface area (Å²) in [4.78, 5) is 6.35. The molecule has 25 heavy (non-hydrogen) atoms. The van der Waals surface area contributed by atoms with Crippen molar-refractivity contribution in [3.8, 4) is 0 Å². The summed E-state index contributed by atoms with van der Waals surface area (Å²) in [5.41, 5.74) is 1.76. The van der Waals surface area contributed by atoms with Crippen LogP contribution >= 0.6 is 11.8 Å². The van der Waals surface area contributed by atoms with Crippen LogP contribution in [-0.4, -0.2) is 69.0 Å². The second kappa shape index (κ2) is 9.40. The van der Waals surface area contributed by atoms with Crippen molar-refractivity contribution in [2.45, 2.75) is 42.4 Å². The van der Waals surface area contributed by atoms with Crippen LogP contribution in [0.15, 0.2) is 29.2 Å². The van der Waals surface area contributed by atoms with E-state index >= 15 is 0 Å². The fourth-order valence-corrected chi connectivity index (χ4v) is 5.13. The maximum atomic E-state index is 5.63. The van der Waals surface area contributed by atoms with Gasteiger partial charge in [0.2, 0.25) is 0 Å². The van der Waals surface area contributed by atoms with E-state index in [2.05, 4.69) is 48.2 Å². The van der Waals surface area contributed by atoms with E-state index in [1.54, 1.807) is 0 Å². The van der Waals surface area contributed by atoms with E-state index in [1.807, 2.05) is 11.8 Å². The highest BCUT2D eigenvalue weighted by Crippen LogP contribution is 2.36. The summed E-state index contributed by atoms with van der Waals surface area (Å²) >= 11 is 2.01. The van der Waals surface area contributed by atoms with Crippen LogP contribution in [0.25, 0.3) is 0 Å². The fourth-order valence-electron chi connectivity index (χ4n) is 4.29. The van der Waals surface area contributed by atoms with Gasteiger partial charge in [0.1, 0.15) is 0 Å². The van der Waals surface area contributed by atoms with Gasteiger partial charge in [-0.1, -0.05) is 12.1 Å². The highest BCUT2D eigenvalue weighted by atomic mass is 32.2. The largest absolute Gasteiger partial charge is 0.381 e. The van der Waals surface area contributed by atoms with Crippen LogP contribution in [-0.2, 0) is 10.2 Å². The van der Waals surface area contributed by atoms with E-state index in [0.717, 1.165) is 32.6 Å². The number of hydrogen-bond donors (Lipinski definition) is 0. The van der Waals surface area contributed by atoms with Crippen LogP contribution in [0.2, 0.25) is 0 Å². The number of rotatable bonds is 8. The first-order valence-corrected chi connectivity index (χ1v) is 10.8. The van der Waals surface area contributed by atoms with E-state index in [-0.39, 0.29) is 5.41 Å². The molecule has 0 saturated carbocycles. The second-order valence-electron chi connectivity index (χ2n) is 7.91. The third kappa shape index (κ3) is 5.46. The lowest BCUT2D eigenvalue weighted by Gasteiger charge is -2.39. The molecule has 0 aromatic heterocycles. The zero-order valence-electron chi connectivity index (χ0n) is 16.0. The number of hydrogen-bond acceptors (Lipinski definition) is 4. The Labute approximate surface area is 158 Å². The molecule has 140 valence electrons. The maximum absolute atomic E-state index is 5.63. The van der Waals surface area contributed by atoms with E-state index in [0.29, 0.717) is 0 Å². The first kappa shape index (κ1) is 19.2. The smallest absolute Gasteiger partial charge is 0.0475 e. The molecule has 0 bridgehead atoms. The Kier molecular flexibility index (Phi) is 7.23. The minimum Gasteiger partial charge on any atom is -0.381 e. The Morgan fingerprint density at radius 2 is 1.76 bits per heavy atom. The lowest BCUT2D eigenvalue weighted by molar-refractivity contribution is 0.0401. The highest BCUT2D eigenvalue weighted by Gasteiger charge is 2.34. The van der Waals surface area contributed by atoms with E-state index in [4.69, 9.17) is 4.74 Å². The van der Waals surface area contributed by atoms with Gasteiger partial charge in [-0.2, -0.15) is 0 Å². The predicted octanol–water partition coefficient (Wildman–Crippen LogP) is 3.87. The molecule has 1 aromatic rings. The molecule has 0 aliphatic carbocycles. The zero-order valence-corrected chi connectivity index (χ0v) is 16.8. The van der Waals surface area contributed by atoms with Crippen LogP contribution < -0.4 is 0 Å². The van der Waals surface area contributed by atoms with Crippen molar-refractivity contribution in [3.63, 3.8) is 0 Å². The average molecular weight is 363 g/mol. The molecule has 0 amide bonds. The van der Waals surface area contributed by atoms with Gasteiger partial charge >= 0.3 is 0 Å². The first-order chi connectivity index (χ1) is 12.2.